The molecule has 7 N–H and O–H groups in total. The molecule has 1 rings (SSSR count). The van der Waals surface area contributed by atoms with Crippen molar-refractivity contribution in [3.05, 3.63) is 0 Å². The van der Waals surface area contributed by atoms with Gasteiger partial charge in [0.25, 0.3) is 0 Å². The zero-order valence-electron chi connectivity index (χ0n) is 12.9. The minimum Gasteiger partial charge on any atom is -0.396 e. The Hall–Kier alpha value is -0.580. The van der Waals surface area contributed by atoms with Crippen LogP contribution in [0.25, 0.3) is 0 Å². The van der Waals surface area contributed by atoms with E-state index in [1.54, 1.807) is 0 Å². The Morgan fingerprint density at radius 2 is 2.04 bits per heavy atom. The normalized spacial score (nSPS) is 33.9. The van der Waals surface area contributed by atoms with Gasteiger partial charge in [-0.2, -0.15) is 0 Å². The molecule has 1 fully saturated rings. The van der Waals surface area contributed by atoms with Crippen LogP contribution in [0, 0.1) is 5.92 Å². The molecule has 1 aliphatic carbocycles. The lowest BCUT2D eigenvalue weighted by Crippen LogP contribution is -2.61. The Morgan fingerprint density at radius 3 is 2.57 bits per heavy atom. The van der Waals surface area contributed by atoms with Gasteiger partial charge in [-0.15, -0.1) is 0 Å². The third-order valence-electron chi connectivity index (χ3n) is 3.61. The van der Waals surface area contributed by atoms with Gasteiger partial charge in [0.15, 0.2) is 0 Å². The maximum absolute atomic E-state index is 11.9. The Labute approximate surface area is 134 Å². The highest BCUT2D eigenvalue weighted by molar-refractivity contribution is 7.47. The van der Waals surface area contributed by atoms with Gasteiger partial charge in [0, 0.05) is 19.4 Å². The fourth-order valence-corrected chi connectivity index (χ4v) is 3.44. The van der Waals surface area contributed by atoms with Crippen LogP contribution in [0.3, 0.4) is 0 Å². The van der Waals surface area contributed by atoms with Crippen molar-refractivity contribution in [3.63, 3.8) is 0 Å². The second-order valence-corrected chi connectivity index (χ2v) is 6.88. The highest BCUT2D eigenvalue weighted by Gasteiger charge is 2.46. The predicted octanol–water partition coefficient (Wildman–Crippen LogP) is -1.92. The van der Waals surface area contributed by atoms with Gasteiger partial charge in [0.05, 0.1) is 24.9 Å². The number of aliphatic hydroxyl groups excluding tert-OH is 3. The Balaban J connectivity index is 2.84. The fourth-order valence-electron chi connectivity index (χ4n) is 2.46. The van der Waals surface area contributed by atoms with Crippen molar-refractivity contribution in [2.45, 2.75) is 44.1 Å². The van der Waals surface area contributed by atoms with Crippen LogP contribution in [0.1, 0.15) is 19.8 Å². The number of carbonyl (C=O) groups excluding carboxylic acids is 1. The molecule has 23 heavy (non-hydrogen) atoms. The van der Waals surface area contributed by atoms with Crippen molar-refractivity contribution >= 4 is 13.7 Å². The van der Waals surface area contributed by atoms with Crippen molar-refractivity contribution in [1.29, 1.82) is 0 Å². The summed E-state index contributed by atoms with van der Waals surface area (Å²) >= 11 is 0. The molecule has 11 heteroatoms. The van der Waals surface area contributed by atoms with Gasteiger partial charge < -0.3 is 31.3 Å². The fraction of sp³-hybridized carbons (Fsp3) is 0.917. The lowest BCUT2D eigenvalue weighted by Gasteiger charge is -2.42. The highest BCUT2D eigenvalue weighted by atomic mass is 31.2. The maximum Gasteiger partial charge on any atom is 0.472 e. The first-order valence-electron chi connectivity index (χ1n) is 7.31. The van der Waals surface area contributed by atoms with E-state index >= 15 is 0 Å². The number of rotatable bonds is 8. The standard InChI is InChI=1S/C12H25N2O8P/c1-7(16)14-10-9(5-8(6-15)11(17)12(10)18)22-23(19,20)21-4-2-3-13/h8-12,15,17-18H,2-6,13H2,1H3,(H,14,16)(H,19,20)/t8-,9+,10-,11-,12-/m1/s1. The summed E-state index contributed by atoms with van der Waals surface area (Å²) in [5.74, 6) is -1.27. The Bertz CT molecular complexity index is 437. The summed E-state index contributed by atoms with van der Waals surface area (Å²) in [5, 5.41) is 31.6. The van der Waals surface area contributed by atoms with E-state index in [1.165, 1.54) is 6.92 Å². The molecule has 0 heterocycles. The monoisotopic (exact) mass is 356 g/mol. The lowest BCUT2D eigenvalue weighted by atomic mass is 9.80. The lowest BCUT2D eigenvalue weighted by molar-refractivity contribution is -0.133. The molecule has 0 bridgehead atoms. The van der Waals surface area contributed by atoms with E-state index < -0.39 is 50.6 Å². The minimum atomic E-state index is -4.44. The average molecular weight is 356 g/mol. The summed E-state index contributed by atoms with van der Waals surface area (Å²) in [6.45, 7) is 0.936. The molecule has 0 spiro atoms. The van der Waals surface area contributed by atoms with Gasteiger partial charge in [-0.05, 0) is 19.4 Å². The zero-order valence-corrected chi connectivity index (χ0v) is 13.8. The number of aliphatic hydroxyl groups is 3. The molecular formula is C12H25N2O8P. The number of amides is 1. The summed E-state index contributed by atoms with van der Waals surface area (Å²) in [6, 6.07) is -1.11. The smallest absolute Gasteiger partial charge is 0.396 e. The first kappa shape index (κ1) is 20.5. The van der Waals surface area contributed by atoms with Crippen LogP contribution in [0.2, 0.25) is 0 Å². The van der Waals surface area contributed by atoms with Crippen LogP contribution in [-0.2, 0) is 18.4 Å². The van der Waals surface area contributed by atoms with Crippen LogP contribution < -0.4 is 11.1 Å². The number of phosphoric acid groups is 1. The van der Waals surface area contributed by atoms with Gasteiger partial charge in [0.2, 0.25) is 5.91 Å². The van der Waals surface area contributed by atoms with Gasteiger partial charge >= 0.3 is 7.82 Å². The maximum atomic E-state index is 11.9. The van der Waals surface area contributed by atoms with Crippen LogP contribution in [-0.4, -0.2) is 70.2 Å². The molecule has 0 saturated heterocycles. The Morgan fingerprint density at radius 1 is 1.39 bits per heavy atom. The second-order valence-electron chi connectivity index (χ2n) is 5.47. The molecule has 10 nitrogen and oxygen atoms in total. The van der Waals surface area contributed by atoms with Crippen LogP contribution in [0.15, 0.2) is 0 Å². The third kappa shape index (κ3) is 6.09. The number of phosphoric ester groups is 1. The number of nitrogens with one attached hydrogen (secondary N) is 1. The molecule has 0 aromatic rings. The van der Waals surface area contributed by atoms with Crippen molar-refractivity contribution in [1.82, 2.24) is 5.32 Å². The highest BCUT2D eigenvalue weighted by Crippen LogP contribution is 2.47. The quantitative estimate of drug-likeness (QED) is 0.214. The largest absolute Gasteiger partial charge is 0.472 e. The van der Waals surface area contributed by atoms with Crippen molar-refractivity contribution in [2.75, 3.05) is 19.8 Å². The Kier molecular flexibility index (Phi) is 8.05. The molecule has 1 saturated carbocycles. The molecule has 0 aliphatic heterocycles. The summed E-state index contributed by atoms with van der Waals surface area (Å²) in [7, 11) is -4.44. The van der Waals surface area contributed by atoms with E-state index in [1.807, 2.05) is 0 Å². The number of nitrogens with two attached hydrogens (primary N) is 1. The first-order valence-corrected chi connectivity index (χ1v) is 8.81. The average Bonchev–Trinajstić information content (AvgIpc) is 2.46. The van der Waals surface area contributed by atoms with Gasteiger partial charge in [-0.25, -0.2) is 4.57 Å². The number of hydrogen-bond acceptors (Lipinski definition) is 8. The summed E-state index contributed by atoms with van der Waals surface area (Å²) in [5.41, 5.74) is 5.26. The molecule has 1 amide bonds. The summed E-state index contributed by atoms with van der Waals surface area (Å²) < 4.78 is 21.7. The second kappa shape index (κ2) is 9.05. The van der Waals surface area contributed by atoms with E-state index in [9.17, 15) is 29.6 Å². The molecule has 0 aromatic heterocycles. The molecule has 1 aliphatic rings. The molecular weight excluding hydrogens is 331 g/mol. The van der Waals surface area contributed by atoms with E-state index in [0.717, 1.165) is 0 Å². The third-order valence-corrected chi connectivity index (χ3v) is 4.66. The zero-order chi connectivity index (χ0) is 17.6. The van der Waals surface area contributed by atoms with E-state index in [4.69, 9.17) is 14.8 Å². The first-order chi connectivity index (χ1) is 10.7. The SMILES string of the molecule is CC(=O)N[C@H]1[C@@H](O)[C@H](O)[C@@H](CO)C[C@@H]1OP(=O)(O)OCCCN. The van der Waals surface area contributed by atoms with Gasteiger partial charge in [-0.1, -0.05) is 0 Å². The molecule has 136 valence electrons. The van der Waals surface area contributed by atoms with Crippen molar-refractivity contribution in [3.8, 4) is 0 Å². The van der Waals surface area contributed by atoms with Gasteiger partial charge in [0.1, 0.15) is 6.10 Å². The molecule has 6 atom stereocenters. The summed E-state index contributed by atoms with van der Waals surface area (Å²) in [6.07, 6.45) is -3.55. The molecule has 0 radical (unpaired) electrons. The van der Waals surface area contributed by atoms with Crippen LogP contribution in [0.5, 0.6) is 0 Å². The number of hydrogen-bond donors (Lipinski definition) is 6. The van der Waals surface area contributed by atoms with Crippen LogP contribution >= 0.6 is 7.82 Å². The topological polar surface area (TPSA) is 172 Å². The van der Waals surface area contributed by atoms with Crippen LogP contribution in [0.4, 0.5) is 0 Å². The minimum absolute atomic E-state index is 0.0372. The molecule has 1 unspecified atom stereocenters. The predicted molar refractivity (Wildman–Crippen MR) is 79.1 cm³/mol. The van der Waals surface area contributed by atoms with E-state index in [0.29, 0.717) is 6.42 Å². The summed E-state index contributed by atoms with van der Waals surface area (Å²) in [4.78, 5) is 21.0. The molecule has 0 aromatic carbocycles. The van der Waals surface area contributed by atoms with Crippen molar-refractivity contribution in [2.24, 2.45) is 11.7 Å². The van der Waals surface area contributed by atoms with E-state index in [2.05, 4.69) is 5.32 Å². The van der Waals surface area contributed by atoms with Crippen molar-refractivity contribution < 1.29 is 38.6 Å². The van der Waals surface area contributed by atoms with E-state index in [-0.39, 0.29) is 19.6 Å². The number of carbonyl (C=O) groups is 1. The van der Waals surface area contributed by atoms with Gasteiger partial charge in [-0.3, -0.25) is 13.8 Å².